The van der Waals surface area contributed by atoms with Gasteiger partial charge in [-0.2, -0.15) is 0 Å². The molecule has 0 saturated carbocycles. The minimum Gasteiger partial charge on any atom is -0.477 e. The number of carbonyl (C=O) groups is 1. The topological polar surface area (TPSA) is 209 Å². The van der Waals surface area contributed by atoms with Crippen LogP contribution in [0.5, 0.6) is 0 Å². The number of ether oxygens (including phenoxy) is 1. The minimum absolute atomic E-state index is 0. The van der Waals surface area contributed by atoms with Crippen molar-refractivity contribution >= 4 is 13.8 Å². The van der Waals surface area contributed by atoms with Crippen molar-refractivity contribution in [2.24, 2.45) is 0 Å². The number of aromatic carboxylic acids is 1. The summed E-state index contributed by atoms with van der Waals surface area (Å²) in [7, 11) is -4.88. The molecule has 0 radical (unpaired) electrons. The number of aromatic nitrogens is 2. The number of aromatic amines is 1. The van der Waals surface area contributed by atoms with E-state index in [0.717, 1.165) is 0 Å². The van der Waals surface area contributed by atoms with E-state index in [0.29, 0.717) is 10.6 Å². The van der Waals surface area contributed by atoms with Gasteiger partial charge in [0, 0.05) is 6.07 Å². The number of nitrogens with one attached hydrogen (secondary N) is 1. The first-order valence-corrected chi connectivity index (χ1v) is 7.85. The summed E-state index contributed by atoms with van der Waals surface area (Å²) in [6.07, 6.45) is -6.74. The van der Waals surface area contributed by atoms with E-state index in [1.807, 2.05) is 0 Å². The Morgan fingerprint density at radius 3 is 2.26 bits per heavy atom. The smallest absolute Gasteiger partial charge is 0.477 e. The molecule has 0 bridgehead atoms. The average Bonchev–Trinajstić information content (AvgIpc) is 2.71. The number of H-pyrrole nitrogens is 1. The molecule has 0 amide bonds. The summed E-state index contributed by atoms with van der Waals surface area (Å²) in [6, 6.07) is 0.575. The van der Waals surface area contributed by atoms with Crippen molar-refractivity contribution in [3.05, 3.63) is 32.6 Å². The van der Waals surface area contributed by atoms with Gasteiger partial charge in [-0.15, -0.1) is 0 Å². The van der Waals surface area contributed by atoms with E-state index in [4.69, 9.17) is 19.6 Å². The van der Waals surface area contributed by atoms with Crippen LogP contribution in [-0.2, 0) is 13.8 Å². The normalized spacial score (nSPS) is 24.3. The van der Waals surface area contributed by atoms with Crippen molar-refractivity contribution < 1.29 is 132 Å². The molecule has 0 aromatic carbocycles. The van der Waals surface area contributed by atoms with Crippen LogP contribution in [0.3, 0.4) is 0 Å². The van der Waals surface area contributed by atoms with Crippen LogP contribution in [0.25, 0.3) is 0 Å². The standard InChI is InChI=1S/C10H13N2O11P.3Na/c13-5-1-3(9(16)17)12(10(18)11-5)8-7(15)6(14)4(23-8)2-22-24(19,20)21;;;/h1,4,6-8,14-15H,2H2,(H,16,17)(H,11,13,18)(H2,19,20,21);;;/q;3*+1/t4-,6-,7-,8-;;;/m1.../s1. The number of aliphatic hydroxyl groups excluding tert-OH is 2. The Hall–Kier alpha value is 1.14. The van der Waals surface area contributed by atoms with Crippen LogP contribution in [-0.4, -0.2) is 65.5 Å². The van der Waals surface area contributed by atoms with Gasteiger partial charge in [0.25, 0.3) is 5.56 Å². The maximum absolute atomic E-state index is 11.8. The SMILES string of the molecule is O=C(O)c1cc(=O)[nH]c(=O)n1[C@@H]1O[C@H](COP(=O)(O)O)[C@@H](O)[C@H]1O.[Na+].[Na+].[Na+]. The fourth-order valence-corrected chi connectivity index (χ4v) is 2.51. The molecule has 1 aromatic rings. The van der Waals surface area contributed by atoms with Gasteiger partial charge in [-0.25, -0.2) is 14.2 Å². The zero-order valence-electron chi connectivity index (χ0n) is 14.7. The Labute approximate surface area is 217 Å². The van der Waals surface area contributed by atoms with Gasteiger partial charge >= 0.3 is 108 Å². The van der Waals surface area contributed by atoms with Crippen molar-refractivity contribution in [3.63, 3.8) is 0 Å². The van der Waals surface area contributed by atoms with Crippen molar-refractivity contribution in [3.8, 4) is 0 Å². The van der Waals surface area contributed by atoms with Crippen LogP contribution in [0.1, 0.15) is 16.7 Å². The third kappa shape index (κ3) is 7.72. The second-order valence-electron chi connectivity index (χ2n) is 4.83. The summed E-state index contributed by atoms with van der Waals surface area (Å²) >= 11 is 0. The molecular weight excluding hydrogens is 424 g/mol. The Morgan fingerprint density at radius 2 is 1.78 bits per heavy atom. The fourth-order valence-electron chi connectivity index (χ4n) is 2.17. The van der Waals surface area contributed by atoms with Crippen LogP contribution in [0.4, 0.5) is 0 Å². The number of carboxylic acids is 1. The molecular formula is C10H13N2Na3O11P+3. The van der Waals surface area contributed by atoms with Gasteiger partial charge in [0.05, 0.1) is 6.61 Å². The molecule has 0 unspecified atom stereocenters. The van der Waals surface area contributed by atoms with E-state index in [9.17, 15) is 29.2 Å². The molecule has 2 heterocycles. The largest absolute Gasteiger partial charge is 1.00 e. The van der Waals surface area contributed by atoms with Gasteiger partial charge < -0.3 is 29.8 Å². The molecule has 4 atom stereocenters. The molecule has 0 spiro atoms. The molecule has 0 aliphatic carbocycles. The predicted octanol–water partition coefficient (Wildman–Crippen LogP) is -12.0. The summed E-state index contributed by atoms with van der Waals surface area (Å²) in [5.74, 6) is -1.67. The van der Waals surface area contributed by atoms with Gasteiger partial charge in [-0.3, -0.25) is 18.9 Å². The van der Waals surface area contributed by atoms with E-state index in [-0.39, 0.29) is 88.7 Å². The molecule has 17 heteroatoms. The van der Waals surface area contributed by atoms with Crippen molar-refractivity contribution in [1.82, 2.24) is 9.55 Å². The molecule has 1 saturated heterocycles. The first-order chi connectivity index (χ1) is 11.0. The Bertz CT molecular complexity index is 808. The zero-order valence-corrected chi connectivity index (χ0v) is 21.6. The van der Waals surface area contributed by atoms with Crippen LogP contribution < -0.4 is 99.9 Å². The maximum Gasteiger partial charge on any atom is 1.00 e. The number of phosphoric acid groups is 1. The van der Waals surface area contributed by atoms with E-state index in [1.54, 1.807) is 4.98 Å². The number of carboxylic acid groups (broad SMARTS) is 1. The monoisotopic (exact) mass is 437 g/mol. The molecule has 2 rings (SSSR count). The van der Waals surface area contributed by atoms with Gasteiger partial charge in [0.2, 0.25) is 0 Å². The average molecular weight is 437 g/mol. The van der Waals surface area contributed by atoms with Crippen molar-refractivity contribution in [2.75, 3.05) is 6.61 Å². The minimum atomic E-state index is -4.88. The van der Waals surface area contributed by atoms with Gasteiger partial charge in [-0.05, 0) is 0 Å². The van der Waals surface area contributed by atoms with E-state index >= 15 is 0 Å². The molecule has 27 heavy (non-hydrogen) atoms. The molecule has 1 aliphatic heterocycles. The Kier molecular flexibility index (Phi) is 13.6. The third-order valence-electron chi connectivity index (χ3n) is 3.19. The zero-order chi connectivity index (χ0) is 18.2. The number of rotatable bonds is 5. The molecule has 6 N–H and O–H groups in total. The number of hydrogen-bond donors (Lipinski definition) is 6. The van der Waals surface area contributed by atoms with E-state index in [2.05, 4.69) is 4.52 Å². The van der Waals surface area contributed by atoms with Crippen LogP contribution in [0, 0.1) is 0 Å². The third-order valence-corrected chi connectivity index (χ3v) is 3.68. The second-order valence-corrected chi connectivity index (χ2v) is 6.07. The van der Waals surface area contributed by atoms with E-state index < -0.39 is 61.9 Å². The number of hydrogen-bond acceptors (Lipinski definition) is 8. The maximum atomic E-state index is 11.8. The van der Waals surface area contributed by atoms with Crippen LogP contribution >= 0.6 is 7.82 Å². The molecule has 1 fully saturated rings. The van der Waals surface area contributed by atoms with E-state index in [1.165, 1.54) is 0 Å². The second kappa shape index (κ2) is 12.1. The Morgan fingerprint density at radius 1 is 1.22 bits per heavy atom. The summed E-state index contributed by atoms with van der Waals surface area (Å²) in [5, 5.41) is 28.8. The van der Waals surface area contributed by atoms with Gasteiger partial charge in [0.1, 0.15) is 24.0 Å². The first-order valence-electron chi connectivity index (χ1n) is 6.32. The van der Waals surface area contributed by atoms with Gasteiger partial charge in [0.15, 0.2) is 6.23 Å². The van der Waals surface area contributed by atoms with Crippen molar-refractivity contribution in [2.45, 2.75) is 24.5 Å². The molecule has 134 valence electrons. The predicted molar refractivity (Wildman–Crippen MR) is 72.2 cm³/mol. The van der Waals surface area contributed by atoms with Crippen LogP contribution in [0.2, 0.25) is 0 Å². The summed E-state index contributed by atoms with van der Waals surface area (Å²) in [5.41, 5.74) is -3.02. The molecule has 1 aliphatic rings. The molecule has 1 aromatic heterocycles. The van der Waals surface area contributed by atoms with Crippen LogP contribution in [0.15, 0.2) is 15.7 Å². The number of aliphatic hydroxyl groups is 2. The van der Waals surface area contributed by atoms with Gasteiger partial charge in [-0.1, -0.05) is 0 Å². The van der Waals surface area contributed by atoms with Crippen molar-refractivity contribution in [1.29, 1.82) is 0 Å². The Balaban J connectivity index is 0. The number of nitrogens with zero attached hydrogens (tertiary/aromatic N) is 1. The summed E-state index contributed by atoms with van der Waals surface area (Å²) in [6.45, 7) is -0.834. The quantitative estimate of drug-likeness (QED) is 0.188. The molecule has 13 nitrogen and oxygen atoms in total. The summed E-state index contributed by atoms with van der Waals surface area (Å²) in [4.78, 5) is 53.2. The summed E-state index contributed by atoms with van der Waals surface area (Å²) < 4.78 is 20.3. The number of phosphoric ester groups is 1. The first kappa shape index (κ1) is 30.3. The fraction of sp³-hybridized carbons (Fsp3) is 0.500.